The summed E-state index contributed by atoms with van der Waals surface area (Å²) in [6, 6.07) is 0. The van der Waals surface area contributed by atoms with Crippen LogP contribution >= 0.6 is 11.6 Å². The quantitative estimate of drug-likeness (QED) is 0.689. The van der Waals surface area contributed by atoms with Crippen LogP contribution in [0.3, 0.4) is 0 Å². The molecular weight excluding hydrogens is 188 g/mol. The zero-order valence-corrected chi connectivity index (χ0v) is 9.01. The number of aromatic nitrogens is 2. The van der Waals surface area contributed by atoms with E-state index in [0.29, 0.717) is 16.9 Å². The fraction of sp³-hybridized carbons (Fsp3) is 0.556. The van der Waals surface area contributed by atoms with Crippen molar-refractivity contribution in [1.29, 1.82) is 0 Å². The average Bonchev–Trinajstić information content (AvgIpc) is 2.09. The van der Waals surface area contributed by atoms with E-state index in [1.54, 1.807) is 7.11 Å². The summed E-state index contributed by atoms with van der Waals surface area (Å²) in [6.07, 6.45) is 0. The minimum absolute atomic E-state index is 0.256. The zero-order chi connectivity index (χ0) is 10.0. The number of hydrogen-bond acceptors (Lipinski definition) is 3. The molecule has 0 aliphatic heterocycles. The molecule has 1 aromatic heterocycles. The Bertz CT molecular complexity index is 313. The molecule has 0 unspecified atom stereocenters. The van der Waals surface area contributed by atoms with Crippen molar-refractivity contribution in [2.24, 2.45) is 0 Å². The van der Waals surface area contributed by atoms with Gasteiger partial charge in [0.25, 0.3) is 0 Å². The van der Waals surface area contributed by atoms with E-state index in [-0.39, 0.29) is 5.92 Å². The van der Waals surface area contributed by atoms with Crippen LogP contribution in [0.1, 0.15) is 31.2 Å². The monoisotopic (exact) mass is 200 g/mol. The average molecular weight is 201 g/mol. The minimum atomic E-state index is 0.256. The standard InChI is InChI=1S/C9H13ClN2O/c1-5(2)8-11-7(10)6(3)9(12-8)13-4/h5H,1-4H3. The van der Waals surface area contributed by atoms with Crippen LogP contribution < -0.4 is 4.74 Å². The highest BCUT2D eigenvalue weighted by Gasteiger charge is 2.11. The van der Waals surface area contributed by atoms with Crippen LogP contribution in [-0.2, 0) is 0 Å². The molecule has 0 aliphatic carbocycles. The lowest BCUT2D eigenvalue weighted by molar-refractivity contribution is 0.390. The summed E-state index contributed by atoms with van der Waals surface area (Å²) in [5, 5.41) is 0.468. The first-order valence-electron chi connectivity index (χ1n) is 4.14. The Balaban J connectivity index is 3.22. The van der Waals surface area contributed by atoms with Gasteiger partial charge in [-0.15, -0.1) is 0 Å². The van der Waals surface area contributed by atoms with Gasteiger partial charge in [-0.05, 0) is 6.92 Å². The van der Waals surface area contributed by atoms with Gasteiger partial charge in [-0.25, -0.2) is 4.98 Å². The van der Waals surface area contributed by atoms with Gasteiger partial charge in [-0.2, -0.15) is 4.98 Å². The molecule has 0 fully saturated rings. The van der Waals surface area contributed by atoms with Gasteiger partial charge in [-0.3, -0.25) is 0 Å². The number of nitrogens with zero attached hydrogens (tertiary/aromatic N) is 2. The molecule has 0 amide bonds. The highest BCUT2D eigenvalue weighted by molar-refractivity contribution is 6.30. The van der Waals surface area contributed by atoms with Crippen molar-refractivity contribution in [3.8, 4) is 5.88 Å². The SMILES string of the molecule is COc1nc(C(C)C)nc(Cl)c1C. The van der Waals surface area contributed by atoms with Gasteiger partial charge >= 0.3 is 0 Å². The van der Waals surface area contributed by atoms with Crippen molar-refractivity contribution >= 4 is 11.6 Å². The minimum Gasteiger partial charge on any atom is -0.481 e. The van der Waals surface area contributed by atoms with E-state index in [9.17, 15) is 0 Å². The molecule has 72 valence electrons. The summed E-state index contributed by atoms with van der Waals surface area (Å²) in [7, 11) is 1.58. The zero-order valence-electron chi connectivity index (χ0n) is 8.26. The molecule has 0 bridgehead atoms. The Kier molecular flexibility index (Phi) is 3.09. The maximum atomic E-state index is 5.91. The smallest absolute Gasteiger partial charge is 0.220 e. The Morgan fingerprint density at radius 1 is 1.31 bits per heavy atom. The van der Waals surface area contributed by atoms with E-state index in [2.05, 4.69) is 9.97 Å². The fourth-order valence-corrected chi connectivity index (χ4v) is 1.11. The Labute approximate surface area is 83.1 Å². The maximum absolute atomic E-state index is 5.91. The second kappa shape index (κ2) is 3.92. The van der Waals surface area contributed by atoms with E-state index < -0.39 is 0 Å². The summed E-state index contributed by atoms with van der Waals surface area (Å²) in [6.45, 7) is 5.87. The summed E-state index contributed by atoms with van der Waals surface area (Å²) in [5.41, 5.74) is 0.786. The van der Waals surface area contributed by atoms with Gasteiger partial charge in [0.2, 0.25) is 5.88 Å². The largest absolute Gasteiger partial charge is 0.481 e. The number of halogens is 1. The van der Waals surface area contributed by atoms with Gasteiger partial charge in [-0.1, -0.05) is 25.4 Å². The summed E-state index contributed by atoms with van der Waals surface area (Å²) < 4.78 is 5.08. The van der Waals surface area contributed by atoms with Crippen LogP contribution in [-0.4, -0.2) is 17.1 Å². The molecule has 0 saturated carbocycles. The van der Waals surface area contributed by atoms with Crippen LogP contribution in [0.4, 0.5) is 0 Å². The molecule has 3 nitrogen and oxygen atoms in total. The number of ether oxygens (including phenoxy) is 1. The first-order valence-corrected chi connectivity index (χ1v) is 4.52. The molecule has 0 radical (unpaired) electrons. The Morgan fingerprint density at radius 2 is 1.92 bits per heavy atom. The molecule has 1 rings (SSSR count). The second-order valence-corrected chi connectivity index (χ2v) is 3.52. The van der Waals surface area contributed by atoms with E-state index in [4.69, 9.17) is 16.3 Å². The lowest BCUT2D eigenvalue weighted by atomic mass is 10.2. The predicted octanol–water partition coefficient (Wildman–Crippen LogP) is 2.57. The van der Waals surface area contributed by atoms with E-state index in [0.717, 1.165) is 5.56 Å². The van der Waals surface area contributed by atoms with Crippen molar-refractivity contribution in [1.82, 2.24) is 9.97 Å². The summed E-state index contributed by atoms with van der Waals surface area (Å²) in [5.74, 6) is 1.53. The fourth-order valence-electron chi connectivity index (χ4n) is 0.942. The predicted molar refractivity (Wildman–Crippen MR) is 52.4 cm³/mol. The highest BCUT2D eigenvalue weighted by Crippen LogP contribution is 2.23. The van der Waals surface area contributed by atoms with Crippen molar-refractivity contribution in [3.05, 3.63) is 16.5 Å². The number of rotatable bonds is 2. The van der Waals surface area contributed by atoms with Crippen LogP contribution in [0.5, 0.6) is 5.88 Å². The van der Waals surface area contributed by atoms with Gasteiger partial charge in [0, 0.05) is 11.5 Å². The maximum Gasteiger partial charge on any atom is 0.220 e. The lowest BCUT2D eigenvalue weighted by Crippen LogP contribution is -2.02. The van der Waals surface area contributed by atoms with Crippen LogP contribution in [0, 0.1) is 6.92 Å². The molecule has 1 aromatic rings. The van der Waals surface area contributed by atoms with Crippen LogP contribution in [0.15, 0.2) is 0 Å². The van der Waals surface area contributed by atoms with Crippen molar-refractivity contribution < 1.29 is 4.74 Å². The molecular formula is C9H13ClN2O. The Hall–Kier alpha value is -0.830. The van der Waals surface area contributed by atoms with E-state index >= 15 is 0 Å². The van der Waals surface area contributed by atoms with E-state index in [1.807, 2.05) is 20.8 Å². The van der Waals surface area contributed by atoms with Crippen LogP contribution in [0.25, 0.3) is 0 Å². The second-order valence-electron chi connectivity index (χ2n) is 3.16. The van der Waals surface area contributed by atoms with Gasteiger partial charge in [0.1, 0.15) is 11.0 Å². The van der Waals surface area contributed by atoms with Gasteiger partial charge in [0.05, 0.1) is 7.11 Å². The molecule has 1 heterocycles. The van der Waals surface area contributed by atoms with E-state index in [1.165, 1.54) is 0 Å². The van der Waals surface area contributed by atoms with Gasteiger partial charge in [0.15, 0.2) is 0 Å². The van der Waals surface area contributed by atoms with Crippen molar-refractivity contribution in [2.75, 3.05) is 7.11 Å². The van der Waals surface area contributed by atoms with Crippen LogP contribution in [0.2, 0.25) is 5.15 Å². The first-order chi connectivity index (χ1) is 6.06. The Morgan fingerprint density at radius 3 is 2.38 bits per heavy atom. The third kappa shape index (κ3) is 2.10. The molecule has 0 spiro atoms. The number of methoxy groups -OCH3 is 1. The molecule has 0 N–H and O–H groups in total. The van der Waals surface area contributed by atoms with Crippen molar-refractivity contribution in [3.63, 3.8) is 0 Å². The molecule has 13 heavy (non-hydrogen) atoms. The van der Waals surface area contributed by atoms with Crippen molar-refractivity contribution in [2.45, 2.75) is 26.7 Å². The molecule has 4 heteroatoms. The lowest BCUT2D eigenvalue weighted by Gasteiger charge is -2.09. The van der Waals surface area contributed by atoms with Gasteiger partial charge < -0.3 is 4.74 Å². The topological polar surface area (TPSA) is 35.0 Å². The first kappa shape index (κ1) is 10.3. The number of hydrogen-bond donors (Lipinski definition) is 0. The molecule has 0 atom stereocenters. The molecule has 0 aliphatic rings. The summed E-state index contributed by atoms with van der Waals surface area (Å²) >= 11 is 5.91. The normalized spacial score (nSPS) is 10.6. The highest BCUT2D eigenvalue weighted by atomic mass is 35.5. The molecule has 0 saturated heterocycles. The third-order valence-electron chi connectivity index (χ3n) is 1.77. The third-order valence-corrected chi connectivity index (χ3v) is 2.14. The molecule has 0 aromatic carbocycles. The summed E-state index contributed by atoms with van der Waals surface area (Å²) in [4.78, 5) is 8.39.